The summed E-state index contributed by atoms with van der Waals surface area (Å²) in [5.74, 6) is -1.54. The van der Waals surface area contributed by atoms with Crippen molar-refractivity contribution in [3.63, 3.8) is 0 Å². The number of nitrogens with zero attached hydrogens (tertiary/aromatic N) is 2. The molecule has 0 aromatic carbocycles. The highest BCUT2D eigenvalue weighted by molar-refractivity contribution is 7.91. The molecule has 12 heteroatoms. The lowest BCUT2D eigenvalue weighted by Crippen LogP contribution is -2.47. The Hall–Kier alpha value is -1.57. The SMILES string of the molecule is O=C(NCCCN1CCOCC1)C(=O)NC[C@@H]1OCCN1S(=O)(=O)c1cccs1. The van der Waals surface area contributed by atoms with E-state index in [0.29, 0.717) is 6.54 Å². The molecule has 2 fully saturated rings. The molecule has 1 aromatic rings. The Morgan fingerprint density at radius 2 is 1.90 bits per heavy atom. The molecule has 3 heterocycles. The Balaban J connectivity index is 1.39. The van der Waals surface area contributed by atoms with Crippen molar-refractivity contribution >= 4 is 33.2 Å². The Morgan fingerprint density at radius 3 is 2.62 bits per heavy atom. The molecule has 10 nitrogen and oxygen atoms in total. The first-order valence-corrected chi connectivity index (χ1v) is 11.8. The smallest absolute Gasteiger partial charge is 0.309 e. The van der Waals surface area contributed by atoms with Gasteiger partial charge in [0, 0.05) is 26.2 Å². The van der Waals surface area contributed by atoms with Gasteiger partial charge in [-0.15, -0.1) is 11.3 Å². The number of hydrogen-bond acceptors (Lipinski definition) is 8. The van der Waals surface area contributed by atoms with E-state index in [1.807, 2.05) is 0 Å². The summed E-state index contributed by atoms with van der Waals surface area (Å²) in [6.45, 7) is 4.76. The van der Waals surface area contributed by atoms with Gasteiger partial charge in [-0.2, -0.15) is 4.31 Å². The number of morpholine rings is 1. The van der Waals surface area contributed by atoms with Gasteiger partial charge >= 0.3 is 11.8 Å². The van der Waals surface area contributed by atoms with Crippen LogP contribution >= 0.6 is 11.3 Å². The second kappa shape index (κ2) is 10.5. The van der Waals surface area contributed by atoms with E-state index in [-0.39, 0.29) is 23.9 Å². The van der Waals surface area contributed by atoms with E-state index in [2.05, 4.69) is 15.5 Å². The van der Waals surface area contributed by atoms with Crippen LogP contribution in [0.2, 0.25) is 0 Å². The number of hydrogen-bond donors (Lipinski definition) is 2. The van der Waals surface area contributed by atoms with Crippen LogP contribution in [0.25, 0.3) is 0 Å². The molecule has 2 amide bonds. The van der Waals surface area contributed by atoms with E-state index in [4.69, 9.17) is 9.47 Å². The van der Waals surface area contributed by atoms with Crippen molar-refractivity contribution in [2.45, 2.75) is 16.9 Å². The minimum absolute atomic E-state index is 0.0926. The number of amides is 2. The highest BCUT2D eigenvalue weighted by Crippen LogP contribution is 2.25. The Labute approximate surface area is 174 Å². The highest BCUT2D eigenvalue weighted by atomic mass is 32.2. The van der Waals surface area contributed by atoms with Crippen molar-refractivity contribution in [2.75, 3.05) is 59.1 Å². The van der Waals surface area contributed by atoms with Crippen molar-refractivity contribution in [1.29, 1.82) is 0 Å². The molecule has 3 rings (SSSR count). The fraction of sp³-hybridized carbons (Fsp3) is 0.647. The van der Waals surface area contributed by atoms with E-state index >= 15 is 0 Å². The minimum Gasteiger partial charge on any atom is -0.379 e. The molecule has 0 aliphatic carbocycles. The Morgan fingerprint density at radius 1 is 1.14 bits per heavy atom. The number of carbonyl (C=O) groups excluding carboxylic acids is 2. The fourth-order valence-corrected chi connectivity index (χ4v) is 5.77. The standard InChI is InChI=1S/C17H26N4O6S2/c22-16(18-4-2-5-20-6-9-26-10-7-20)17(23)19-13-14-21(8-11-27-14)29(24,25)15-3-1-12-28-15/h1,3,12,14H,2,4-11,13H2,(H,18,22)(H,19,23)/t14-/m0/s1. The molecular weight excluding hydrogens is 420 g/mol. The molecule has 1 aromatic heterocycles. The summed E-state index contributed by atoms with van der Waals surface area (Å²) in [7, 11) is -3.68. The largest absolute Gasteiger partial charge is 0.379 e. The van der Waals surface area contributed by atoms with Crippen LogP contribution in [-0.2, 0) is 29.1 Å². The van der Waals surface area contributed by atoms with E-state index in [1.165, 1.54) is 10.4 Å². The van der Waals surface area contributed by atoms with Gasteiger partial charge in [0.1, 0.15) is 10.4 Å². The molecule has 162 valence electrons. The predicted octanol–water partition coefficient (Wildman–Crippen LogP) is -0.950. The van der Waals surface area contributed by atoms with E-state index in [0.717, 1.165) is 50.6 Å². The quantitative estimate of drug-likeness (QED) is 0.391. The van der Waals surface area contributed by atoms with Gasteiger partial charge in [-0.3, -0.25) is 14.5 Å². The van der Waals surface area contributed by atoms with Gasteiger partial charge in [-0.25, -0.2) is 8.42 Å². The minimum atomic E-state index is -3.68. The molecule has 2 N–H and O–H groups in total. The zero-order valence-electron chi connectivity index (χ0n) is 16.0. The van der Waals surface area contributed by atoms with Crippen LogP contribution < -0.4 is 10.6 Å². The maximum Gasteiger partial charge on any atom is 0.309 e. The summed E-state index contributed by atoms with van der Waals surface area (Å²) in [5, 5.41) is 6.72. The fourth-order valence-electron chi connectivity index (χ4n) is 3.14. The third-order valence-electron chi connectivity index (χ3n) is 4.69. The lowest BCUT2D eigenvalue weighted by atomic mass is 10.3. The lowest BCUT2D eigenvalue weighted by molar-refractivity contribution is -0.139. The summed E-state index contributed by atoms with van der Waals surface area (Å²) in [5.41, 5.74) is 0. The average Bonchev–Trinajstić information content (AvgIpc) is 3.42. The van der Waals surface area contributed by atoms with Crippen molar-refractivity contribution < 1.29 is 27.5 Å². The van der Waals surface area contributed by atoms with Gasteiger partial charge in [0.25, 0.3) is 10.0 Å². The van der Waals surface area contributed by atoms with E-state index in [1.54, 1.807) is 11.4 Å². The average molecular weight is 447 g/mol. The summed E-state index contributed by atoms with van der Waals surface area (Å²) >= 11 is 1.12. The maximum atomic E-state index is 12.6. The van der Waals surface area contributed by atoms with Crippen LogP contribution in [0, 0.1) is 0 Å². The van der Waals surface area contributed by atoms with Crippen LogP contribution in [-0.4, -0.2) is 94.8 Å². The Bertz CT molecular complexity index is 780. The molecule has 29 heavy (non-hydrogen) atoms. The van der Waals surface area contributed by atoms with Crippen LogP contribution in [0.3, 0.4) is 0 Å². The van der Waals surface area contributed by atoms with Crippen molar-refractivity contribution in [2.24, 2.45) is 0 Å². The molecular formula is C17H26N4O6S2. The number of ether oxygens (including phenoxy) is 2. The molecule has 0 spiro atoms. The number of nitrogens with one attached hydrogen (secondary N) is 2. The second-order valence-corrected chi connectivity index (χ2v) is 9.71. The Kier molecular flexibility index (Phi) is 7.98. The van der Waals surface area contributed by atoms with Gasteiger partial charge < -0.3 is 20.1 Å². The van der Waals surface area contributed by atoms with Crippen molar-refractivity contribution in [3.05, 3.63) is 17.5 Å². The van der Waals surface area contributed by atoms with Crippen molar-refractivity contribution in [3.8, 4) is 0 Å². The molecule has 2 aliphatic rings. The van der Waals surface area contributed by atoms with Crippen LogP contribution in [0.5, 0.6) is 0 Å². The highest BCUT2D eigenvalue weighted by Gasteiger charge is 2.37. The van der Waals surface area contributed by atoms with Crippen LogP contribution in [0.15, 0.2) is 21.7 Å². The summed E-state index contributed by atoms with van der Waals surface area (Å²) in [6, 6.07) is 3.19. The topological polar surface area (TPSA) is 117 Å². The predicted molar refractivity (Wildman–Crippen MR) is 106 cm³/mol. The molecule has 0 radical (unpaired) electrons. The van der Waals surface area contributed by atoms with E-state index < -0.39 is 28.1 Å². The first-order valence-electron chi connectivity index (χ1n) is 9.51. The van der Waals surface area contributed by atoms with Crippen LogP contribution in [0.4, 0.5) is 0 Å². The number of carbonyl (C=O) groups is 2. The molecule has 0 saturated carbocycles. The molecule has 1 atom stereocenters. The van der Waals surface area contributed by atoms with E-state index in [9.17, 15) is 18.0 Å². The third kappa shape index (κ3) is 5.96. The second-order valence-electron chi connectivity index (χ2n) is 6.65. The van der Waals surface area contributed by atoms with Gasteiger partial charge in [-0.05, 0) is 24.4 Å². The van der Waals surface area contributed by atoms with Gasteiger partial charge in [0.05, 0.1) is 26.4 Å². The first-order chi connectivity index (χ1) is 14.0. The van der Waals surface area contributed by atoms with Gasteiger partial charge in [-0.1, -0.05) is 6.07 Å². The third-order valence-corrected chi connectivity index (χ3v) is 7.95. The van der Waals surface area contributed by atoms with Crippen molar-refractivity contribution in [1.82, 2.24) is 19.8 Å². The maximum absolute atomic E-state index is 12.6. The summed E-state index contributed by atoms with van der Waals surface area (Å²) in [6.07, 6.45) is -0.0995. The molecule has 2 saturated heterocycles. The zero-order chi connectivity index (χ0) is 20.7. The molecule has 0 bridgehead atoms. The lowest BCUT2D eigenvalue weighted by Gasteiger charge is -2.26. The van der Waals surface area contributed by atoms with Crippen LogP contribution in [0.1, 0.15) is 6.42 Å². The number of thiophene rings is 1. The zero-order valence-corrected chi connectivity index (χ0v) is 17.7. The molecule has 2 aliphatic heterocycles. The van der Waals surface area contributed by atoms with Gasteiger partial charge in [0.15, 0.2) is 0 Å². The summed E-state index contributed by atoms with van der Waals surface area (Å²) in [4.78, 5) is 26.2. The first kappa shape index (κ1) is 22.1. The summed E-state index contributed by atoms with van der Waals surface area (Å²) < 4.78 is 37.4. The molecule has 0 unspecified atom stereocenters. The monoisotopic (exact) mass is 446 g/mol. The number of sulfonamides is 1. The van der Waals surface area contributed by atoms with Gasteiger partial charge in [0.2, 0.25) is 0 Å². The normalized spacial score (nSPS) is 21.2. The number of rotatable bonds is 8.